The number of thiophene rings is 1. The molecule has 1 atom stereocenters. The smallest absolute Gasteiger partial charge is 0.233 e. The Morgan fingerprint density at radius 1 is 1.30 bits per heavy atom. The van der Waals surface area contributed by atoms with E-state index < -0.39 is 0 Å². The standard InChI is InChI=1S/C17H23N3OS2/c1-10(2)8-18-15(21)11(3)22-16-14-12-6-4-5-7-13(12)23-17(14)20-9-19-16/h9-11H,4-8H2,1-3H3,(H,18,21)/t11-/m1/s1. The molecule has 1 aliphatic carbocycles. The maximum absolute atomic E-state index is 12.2. The Balaban J connectivity index is 1.82. The molecule has 1 amide bonds. The summed E-state index contributed by atoms with van der Waals surface area (Å²) in [5.74, 6) is 0.547. The van der Waals surface area contributed by atoms with Crippen LogP contribution in [-0.4, -0.2) is 27.7 Å². The fraction of sp³-hybridized carbons (Fsp3) is 0.588. The number of fused-ring (bicyclic) bond motifs is 3. The summed E-state index contributed by atoms with van der Waals surface area (Å²) in [4.78, 5) is 23.7. The summed E-state index contributed by atoms with van der Waals surface area (Å²) < 4.78 is 0. The lowest BCUT2D eigenvalue weighted by molar-refractivity contribution is -0.120. The average Bonchev–Trinajstić information content (AvgIpc) is 2.91. The van der Waals surface area contributed by atoms with Crippen LogP contribution in [0.25, 0.3) is 10.2 Å². The zero-order valence-electron chi connectivity index (χ0n) is 13.9. The van der Waals surface area contributed by atoms with Gasteiger partial charge in [0.25, 0.3) is 0 Å². The molecule has 2 aromatic heterocycles. The summed E-state index contributed by atoms with van der Waals surface area (Å²) in [6, 6.07) is 0. The molecule has 1 N–H and O–H groups in total. The zero-order chi connectivity index (χ0) is 16.4. The summed E-state index contributed by atoms with van der Waals surface area (Å²) in [7, 11) is 0. The molecule has 0 fully saturated rings. The third-order valence-electron chi connectivity index (χ3n) is 4.06. The summed E-state index contributed by atoms with van der Waals surface area (Å²) in [6.07, 6.45) is 6.41. The minimum atomic E-state index is -0.147. The van der Waals surface area contributed by atoms with E-state index in [-0.39, 0.29) is 11.2 Å². The first-order chi connectivity index (χ1) is 11.1. The van der Waals surface area contributed by atoms with Gasteiger partial charge in [0.1, 0.15) is 16.2 Å². The van der Waals surface area contributed by atoms with E-state index in [1.807, 2.05) is 6.92 Å². The van der Waals surface area contributed by atoms with Gasteiger partial charge in [-0.1, -0.05) is 25.6 Å². The zero-order valence-corrected chi connectivity index (χ0v) is 15.5. The first kappa shape index (κ1) is 16.7. The van der Waals surface area contributed by atoms with Crippen molar-refractivity contribution in [3.8, 4) is 0 Å². The van der Waals surface area contributed by atoms with E-state index in [2.05, 4.69) is 29.1 Å². The number of aryl methyl sites for hydroxylation is 2. The molecule has 0 aliphatic heterocycles. The van der Waals surface area contributed by atoms with Crippen LogP contribution in [0, 0.1) is 5.92 Å². The SMILES string of the molecule is CC(C)CNC(=O)[C@@H](C)Sc1ncnc2sc3c(c12)CCCC3. The lowest BCUT2D eigenvalue weighted by atomic mass is 9.97. The topological polar surface area (TPSA) is 54.9 Å². The highest BCUT2D eigenvalue weighted by molar-refractivity contribution is 8.00. The van der Waals surface area contributed by atoms with E-state index >= 15 is 0 Å². The molecular weight excluding hydrogens is 326 g/mol. The van der Waals surface area contributed by atoms with E-state index in [4.69, 9.17) is 0 Å². The van der Waals surface area contributed by atoms with Crippen molar-refractivity contribution in [1.82, 2.24) is 15.3 Å². The second kappa shape index (κ2) is 7.18. The van der Waals surface area contributed by atoms with Crippen LogP contribution in [0.5, 0.6) is 0 Å². The van der Waals surface area contributed by atoms with Crippen molar-refractivity contribution >= 4 is 39.2 Å². The van der Waals surface area contributed by atoms with E-state index in [1.54, 1.807) is 29.4 Å². The van der Waals surface area contributed by atoms with Gasteiger partial charge >= 0.3 is 0 Å². The lowest BCUT2D eigenvalue weighted by Crippen LogP contribution is -2.33. The molecule has 0 unspecified atom stereocenters. The van der Waals surface area contributed by atoms with Crippen molar-refractivity contribution in [3.05, 3.63) is 16.8 Å². The minimum absolute atomic E-state index is 0.0829. The fourth-order valence-electron chi connectivity index (χ4n) is 2.82. The van der Waals surface area contributed by atoms with Crippen LogP contribution < -0.4 is 5.32 Å². The molecule has 23 heavy (non-hydrogen) atoms. The molecule has 0 saturated heterocycles. The maximum Gasteiger partial charge on any atom is 0.233 e. The number of nitrogens with one attached hydrogen (secondary N) is 1. The van der Waals surface area contributed by atoms with E-state index in [1.165, 1.54) is 28.7 Å². The quantitative estimate of drug-likeness (QED) is 0.658. The van der Waals surface area contributed by atoms with E-state index in [0.717, 1.165) is 29.2 Å². The number of amides is 1. The molecule has 3 rings (SSSR count). The summed E-state index contributed by atoms with van der Waals surface area (Å²) in [5.41, 5.74) is 1.43. The number of carbonyl (C=O) groups excluding carboxylic acids is 1. The lowest BCUT2D eigenvalue weighted by Gasteiger charge is -2.14. The molecule has 124 valence electrons. The monoisotopic (exact) mass is 349 g/mol. The summed E-state index contributed by atoms with van der Waals surface area (Å²) in [6.45, 7) is 6.87. The van der Waals surface area contributed by atoms with Crippen LogP contribution >= 0.6 is 23.1 Å². The number of thioether (sulfide) groups is 1. The molecule has 0 bridgehead atoms. The molecule has 0 radical (unpaired) electrons. The highest BCUT2D eigenvalue weighted by Gasteiger charge is 2.22. The molecule has 4 nitrogen and oxygen atoms in total. The van der Waals surface area contributed by atoms with Gasteiger partial charge in [-0.2, -0.15) is 0 Å². The number of aromatic nitrogens is 2. The van der Waals surface area contributed by atoms with Gasteiger partial charge in [-0.15, -0.1) is 11.3 Å². The van der Waals surface area contributed by atoms with Crippen LogP contribution in [0.4, 0.5) is 0 Å². The number of carbonyl (C=O) groups is 1. The molecular formula is C17H23N3OS2. The van der Waals surface area contributed by atoms with E-state index in [0.29, 0.717) is 5.92 Å². The van der Waals surface area contributed by atoms with Gasteiger partial charge in [-0.25, -0.2) is 9.97 Å². The highest BCUT2D eigenvalue weighted by atomic mass is 32.2. The Bertz CT molecular complexity index is 711. The molecule has 0 saturated carbocycles. The largest absolute Gasteiger partial charge is 0.355 e. The maximum atomic E-state index is 12.2. The molecule has 1 aliphatic rings. The van der Waals surface area contributed by atoms with Crippen LogP contribution in [-0.2, 0) is 17.6 Å². The van der Waals surface area contributed by atoms with Gasteiger partial charge < -0.3 is 5.32 Å². The van der Waals surface area contributed by atoms with Crippen LogP contribution in [0.2, 0.25) is 0 Å². The predicted octanol–water partition coefficient (Wildman–Crippen LogP) is 3.82. The molecule has 0 aromatic carbocycles. The van der Waals surface area contributed by atoms with Crippen LogP contribution in [0.15, 0.2) is 11.4 Å². The van der Waals surface area contributed by atoms with Gasteiger partial charge in [-0.05, 0) is 44.1 Å². The predicted molar refractivity (Wildman–Crippen MR) is 97.2 cm³/mol. The number of nitrogens with zero attached hydrogens (tertiary/aromatic N) is 2. The third-order valence-corrected chi connectivity index (χ3v) is 6.36. The summed E-state index contributed by atoms with van der Waals surface area (Å²) in [5, 5.41) is 5.01. The van der Waals surface area contributed by atoms with Gasteiger partial charge in [0, 0.05) is 16.8 Å². The van der Waals surface area contributed by atoms with Crippen molar-refractivity contribution in [2.75, 3.05) is 6.54 Å². The number of hydrogen-bond donors (Lipinski definition) is 1. The van der Waals surface area contributed by atoms with Gasteiger partial charge in [-0.3, -0.25) is 4.79 Å². The van der Waals surface area contributed by atoms with Gasteiger partial charge in [0.05, 0.1) is 5.25 Å². The number of hydrogen-bond acceptors (Lipinski definition) is 5. The second-order valence-corrected chi connectivity index (χ2v) is 8.88. The van der Waals surface area contributed by atoms with Crippen LogP contribution in [0.3, 0.4) is 0 Å². The van der Waals surface area contributed by atoms with Gasteiger partial charge in [0.2, 0.25) is 5.91 Å². The Morgan fingerprint density at radius 3 is 2.87 bits per heavy atom. The molecule has 0 spiro atoms. The number of rotatable bonds is 5. The van der Waals surface area contributed by atoms with Crippen molar-refractivity contribution in [3.63, 3.8) is 0 Å². The Hall–Kier alpha value is -1.14. The highest BCUT2D eigenvalue weighted by Crippen LogP contribution is 2.40. The minimum Gasteiger partial charge on any atom is -0.355 e. The average molecular weight is 350 g/mol. The fourth-order valence-corrected chi connectivity index (χ4v) is 5.08. The van der Waals surface area contributed by atoms with Gasteiger partial charge in [0.15, 0.2) is 0 Å². The summed E-state index contributed by atoms with van der Waals surface area (Å²) >= 11 is 3.35. The second-order valence-electron chi connectivity index (χ2n) is 6.47. The normalized spacial score (nSPS) is 15.7. The van der Waals surface area contributed by atoms with Crippen molar-refractivity contribution in [1.29, 1.82) is 0 Å². The van der Waals surface area contributed by atoms with Crippen molar-refractivity contribution < 1.29 is 4.79 Å². The first-order valence-corrected chi connectivity index (χ1v) is 9.95. The first-order valence-electron chi connectivity index (χ1n) is 8.26. The Labute approximate surface area is 145 Å². The molecule has 2 aromatic rings. The third kappa shape index (κ3) is 3.69. The Kier molecular flexibility index (Phi) is 5.21. The van der Waals surface area contributed by atoms with Crippen LogP contribution in [0.1, 0.15) is 44.1 Å². The van der Waals surface area contributed by atoms with Crippen molar-refractivity contribution in [2.24, 2.45) is 5.92 Å². The van der Waals surface area contributed by atoms with E-state index in [9.17, 15) is 4.79 Å². The molecule has 6 heteroatoms. The Morgan fingerprint density at radius 2 is 2.09 bits per heavy atom. The van der Waals surface area contributed by atoms with Crippen molar-refractivity contribution in [2.45, 2.75) is 56.7 Å². The molecule has 2 heterocycles.